The molecule has 0 aliphatic carbocycles. The van der Waals surface area contributed by atoms with Crippen LogP contribution in [-0.4, -0.2) is 8.42 Å². The van der Waals surface area contributed by atoms with Crippen molar-refractivity contribution >= 4 is 10.0 Å². The summed E-state index contributed by atoms with van der Waals surface area (Å²) in [7, 11) is -3.84. The Morgan fingerprint density at radius 2 is 1.36 bits per heavy atom. The summed E-state index contributed by atoms with van der Waals surface area (Å²) in [6, 6.07) is 22.7. The number of hydrogen-bond acceptors (Lipinski definition) is 3. The van der Waals surface area contributed by atoms with Gasteiger partial charge in [-0.3, -0.25) is 0 Å². The first-order valence-corrected chi connectivity index (χ1v) is 10.7. The summed E-state index contributed by atoms with van der Waals surface area (Å²) in [6.07, 6.45) is 0.334. The van der Waals surface area contributed by atoms with Crippen LogP contribution >= 0.6 is 0 Å². The van der Waals surface area contributed by atoms with Gasteiger partial charge >= 0.3 is 0 Å². The lowest BCUT2D eigenvalue weighted by Crippen LogP contribution is -2.54. The molecule has 0 fully saturated rings. The molecule has 0 radical (unpaired) electrons. The molecule has 3 N–H and O–H groups in total. The lowest BCUT2D eigenvalue weighted by molar-refractivity contribution is 0.404. The molecule has 1 atom stereocenters. The van der Waals surface area contributed by atoms with Crippen LogP contribution in [0.3, 0.4) is 0 Å². The standard InChI is InChI=1S/C23H26N2O2S/c1-17-14-18(2)22(19(3)15-17)28(26,27)25-23(24,21-12-8-5-9-13-21)16-20-10-6-4-7-11-20/h4-15,25H,16,24H2,1-3H3. The Balaban J connectivity index is 2.07. The Bertz CT molecular complexity index is 1040. The average Bonchev–Trinajstić information content (AvgIpc) is 2.61. The molecule has 0 aliphatic rings. The summed E-state index contributed by atoms with van der Waals surface area (Å²) in [4.78, 5) is 0.289. The third-order valence-corrected chi connectivity index (χ3v) is 6.62. The van der Waals surface area contributed by atoms with E-state index < -0.39 is 15.7 Å². The third kappa shape index (κ3) is 4.33. The molecule has 4 nitrogen and oxygen atoms in total. The normalized spacial score (nSPS) is 13.9. The first-order chi connectivity index (χ1) is 13.2. The minimum absolute atomic E-state index is 0.289. The van der Waals surface area contributed by atoms with Gasteiger partial charge in [0.1, 0.15) is 5.66 Å². The van der Waals surface area contributed by atoms with Gasteiger partial charge in [-0.25, -0.2) is 8.42 Å². The van der Waals surface area contributed by atoms with E-state index in [4.69, 9.17) is 5.73 Å². The van der Waals surface area contributed by atoms with Crippen molar-refractivity contribution in [1.82, 2.24) is 4.72 Å². The highest BCUT2D eigenvalue weighted by Gasteiger charge is 2.34. The van der Waals surface area contributed by atoms with E-state index in [1.807, 2.05) is 93.6 Å². The van der Waals surface area contributed by atoms with Gasteiger partial charge in [0, 0.05) is 6.42 Å². The second-order valence-corrected chi connectivity index (χ2v) is 8.95. The molecule has 3 rings (SSSR count). The molecule has 3 aromatic carbocycles. The molecule has 0 saturated carbocycles. The largest absolute Gasteiger partial charge is 0.308 e. The van der Waals surface area contributed by atoms with Crippen LogP contribution in [0.25, 0.3) is 0 Å². The van der Waals surface area contributed by atoms with Gasteiger partial charge in [0.2, 0.25) is 10.0 Å². The fraction of sp³-hybridized carbons (Fsp3) is 0.217. The van der Waals surface area contributed by atoms with Crippen molar-refractivity contribution in [2.45, 2.75) is 37.8 Å². The molecular formula is C23H26N2O2S. The number of nitrogens with two attached hydrogens (primary N) is 1. The van der Waals surface area contributed by atoms with Crippen molar-refractivity contribution in [3.63, 3.8) is 0 Å². The Morgan fingerprint density at radius 3 is 1.89 bits per heavy atom. The maximum Gasteiger partial charge on any atom is 0.242 e. The lowest BCUT2D eigenvalue weighted by Gasteiger charge is -2.32. The van der Waals surface area contributed by atoms with Crippen molar-refractivity contribution < 1.29 is 8.42 Å². The number of hydrogen-bond donors (Lipinski definition) is 2. The summed E-state index contributed by atoms with van der Waals surface area (Å²) in [5.74, 6) is 0. The summed E-state index contributed by atoms with van der Waals surface area (Å²) in [5.41, 5.74) is 9.55. The fourth-order valence-electron chi connectivity index (χ4n) is 3.73. The van der Waals surface area contributed by atoms with Crippen LogP contribution in [0.5, 0.6) is 0 Å². The van der Waals surface area contributed by atoms with E-state index in [-0.39, 0.29) is 4.90 Å². The van der Waals surface area contributed by atoms with Crippen LogP contribution in [0.15, 0.2) is 77.7 Å². The zero-order valence-corrected chi connectivity index (χ0v) is 17.3. The van der Waals surface area contributed by atoms with E-state index >= 15 is 0 Å². The van der Waals surface area contributed by atoms with E-state index in [2.05, 4.69) is 4.72 Å². The maximum atomic E-state index is 13.4. The van der Waals surface area contributed by atoms with Crippen LogP contribution in [0.1, 0.15) is 27.8 Å². The van der Waals surface area contributed by atoms with E-state index in [1.54, 1.807) is 0 Å². The van der Waals surface area contributed by atoms with Crippen molar-refractivity contribution in [3.8, 4) is 0 Å². The maximum absolute atomic E-state index is 13.4. The molecule has 0 amide bonds. The summed E-state index contributed by atoms with van der Waals surface area (Å²) in [6.45, 7) is 5.58. The van der Waals surface area contributed by atoms with E-state index in [0.717, 1.165) is 11.1 Å². The highest BCUT2D eigenvalue weighted by molar-refractivity contribution is 7.89. The molecule has 0 spiro atoms. The van der Waals surface area contributed by atoms with Crippen molar-refractivity contribution in [2.75, 3.05) is 0 Å². The van der Waals surface area contributed by atoms with Gasteiger partial charge < -0.3 is 5.73 Å². The predicted octanol–water partition coefficient (Wildman–Crippen LogP) is 3.94. The Kier molecular flexibility index (Phi) is 5.70. The van der Waals surface area contributed by atoms with Gasteiger partial charge in [0.05, 0.1) is 4.90 Å². The highest BCUT2D eigenvalue weighted by Crippen LogP contribution is 2.27. The first-order valence-electron chi connectivity index (χ1n) is 9.21. The van der Waals surface area contributed by atoms with Crippen LogP contribution in [-0.2, 0) is 22.1 Å². The molecule has 28 heavy (non-hydrogen) atoms. The minimum Gasteiger partial charge on any atom is -0.308 e. The SMILES string of the molecule is Cc1cc(C)c(S(=O)(=O)NC(N)(Cc2ccccc2)c2ccccc2)c(C)c1. The molecule has 0 aliphatic heterocycles. The summed E-state index contributed by atoms with van der Waals surface area (Å²) < 4.78 is 29.5. The number of nitrogens with one attached hydrogen (secondary N) is 1. The second-order valence-electron chi connectivity index (χ2n) is 7.33. The van der Waals surface area contributed by atoms with E-state index in [1.165, 1.54) is 0 Å². The van der Waals surface area contributed by atoms with Gasteiger partial charge in [-0.05, 0) is 43.0 Å². The van der Waals surface area contributed by atoms with Crippen LogP contribution in [0.2, 0.25) is 0 Å². The van der Waals surface area contributed by atoms with Gasteiger partial charge in [0.15, 0.2) is 0 Å². The third-order valence-electron chi connectivity index (χ3n) is 4.80. The summed E-state index contributed by atoms with van der Waals surface area (Å²) >= 11 is 0. The first kappa shape index (κ1) is 20.3. The number of sulfonamides is 1. The minimum atomic E-state index is -3.84. The molecule has 146 valence electrons. The molecule has 0 aromatic heterocycles. The van der Waals surface area contributed by atoms with Crippen LogP contribution in [0, 0.1) is 20.8 Å². The van der Waals surface area contributed by atoms with Crippen LogP contribution in [0.4, 0.5) is 0 Å². The monoisotopic (exact) mass is 394 g/mol. The quantitative estimate of drug-likeness (QED) is 0.622. The van der Waals surface area contributed by atoms with Gasteiger partial charge in [-0.2, -0.15) is 4.72 Å². The Hall–Kier alpha value is -2.47. The zero-order chi connectivity index (χ0) is 20.4. The topological polar surface area (TPSA) is 72.2 Å². The molecule has 0 saturated heterocycles. The zero-order valence-electron chi connectivity index (χ0n) is 16.4. The van der Waals surface area contributed by atoms with Crippen molar-refractivity contribution in [1.29, 1.82) is 0 Å². The Morgan fingerprint density at radius 1 is 0.857 bits per heavy atom. The molecule has 3 aromatic rings. The number of rotatable bonds is 6. The molecule has 5 heteroatoms. The molecule has 0 heterocycles. The van der Waals surface area contributed by atoms with Crippen LogP contribution < -0.4 is 10.5 Å². The fourth-order valence-corrected chi connectivity index (χ4v) is 5.47. The number of benzene rings is 3. The van der Waals surface area contributed by atoms with Crippen molar-refractivity contribution in [3.05, 3.63) is 101 Å². The van der Waals surface area contributed by atoms with Crippen molar-refractivity contribution in [2.24, 2.45) is 5.73 Å². The van der Waals surface area contributed by atoms with Gasteiger partial charge in [-0.15, -0.1) is 0 Å². The van der Waals surface area contributed by atoms with E-state index in [0.29, 0.717) is 23.1 Å². The second kappa shape index (κ2) is 7.87. The molecule has 0 bridgehead atoms. The van der Waals surface area contributed by atoms with Gasteiger partial charge in [-0.1, -0.05) is 78.4 Å². The molecule has 1 unspecified atom stereocenters. The molecular weight excluding hydrogens is 368 g/mol. The number of aryl methyl sites for hydroxylation is 3. The average molecular weight is 395 g/mol. The smallest absolute Gasteiger partial charge is 0.242 e. The predicted molar refractivity (Wildman–Crippen MR) is 113 cm³/mol. The summed E-state index contributed by atoms with van der Waals surface area (Å²) in [5, 5.41) is 0. The highest BCUT2D eigenvalue weighted by atomic mass is 32.2. The lowest BCUT2D eigenvalue weighted by atomic mass is 9.94. The van der Waals surface area contributed by atoms with Gasteiger partial charge in [0.25, 0.3) is 0 Å². The van der Waals surface area contributed by atoms with E-state index in [9.17, 15) is 8.42 Å². The Labute approximate surface area is 167 Å².